The first-order valence-electron chi connectivity index (χ1n) is 6.28. The van der Waals surface area contributed by atoms with Crippen molar-refractivity contribution in [2.24, 2.45) is 0 Å². The fraction of sp³-hybridized carbons (Fsp3) is 0.571. The molecule has 2 unspecified atom stereocenters. The van der Waals surface area contributed by atoms with Gasteiger partial charge in [0, 0.05) is 18.7 Å². The summed E-state index contributed by atoms with van der Waals surface area (Å²) in [5.74, 6) is -0.180. The van der Waals surface area contributed by atoms with E-state index in [9.17, 15) is 4.39 Å². The van der Waals surface area contributed by atoms with Gasteiger partial charge in [0.2, 0.25) is 0 Å². The van der Waals surface area contributed by atoms with Gasteiger partial charge in [-0.2, -0.15) is 0 Å². The highest BCUT2D eigenvalue weighted by atomic mass is 19.1. The number of nitrogens with one attached hydrogen (secondary N) is 1. The van der Waals surface area contributed by atoms with E-state index in [1.54, 1.807) is 0 Å². The number of rotatable bonds is 3. The minimum atomic E-state index is -0.180. The Morgan fingerprint density at radius 3 is 2.71 bits per heavy atom. The number of ether oxygens (including phenoxy) is 1. The second-order valence-electron chi connectivity index (χ2n) is 4.84. The molecule has 0 radical (unpaired) electrons. The van der Waals surface area contributed by atoms with Gasteiger partial charge in [0.15, 0.2) is 0 Å². The highest BCUT2D eigenvalue weighted by Gasteiger charge is 2.20. The molecule has 17 heavy (non-hydrogen) atoms. The van der Waals surface area contributed by atoms with Crippen LogP contribution in [0.15, 0.2) is 24.3 Å². The van der Waals surface area contributed by atoms with Gasteiger partial charge in [-0.1, -0.05) is 12.1 Å². The topological polar surface area (TPSA) is 21.3 Å². The summed E-state index contributed by atoms with van der Waals surface area (Å²) >= 11 is 0. The second kappa shape index (κ2) is 5.61. The van der Waals surface area contributed by atoms with Crippen molar-refractivity contribution in [3.8, 4) is 0 Å². The van der Waals surface area contributed by atoms with E-state index in [1.807, 2.05) is 12.1 Å². The highest BCUT2D eigenvalue weighted by Crippen LogP contribution is 2.19. The van der Waals surface area contributed by atoms with Crippen LogP contribution in [-0.2, 0) is 4.74 Å². The van der Waals surface area contributed by atoms with Gasteiger partial charge in [0.25, 0.3) is 0 Å². The number of hydrogen-bond acceptors (Lipinski definition) is 2. The van der Waals surface area contributed by atoms with E-state index in [2.05, 4.69) is 19.2 Å². The van der Waals surface area contributed by atoms with Gasteiger partial charge in [-0.3, -0.25) is 0 Å². The molecule has 0 bridgehead atoms. The fourth-order valence-electron chi connectivity index (χ4n) is 2.35. The van der Waals surface area contributed by atoms with Crippen molar-refractivity contribution >= 4 is 0 Å². The van der Waals surface area contributed by atoms with Gasteiger partial charge in [-0.25, -0.2) is 4.39 Å². The van der Waals surface area contributed by atoms with E-state index in [0.29, 0.717) is 12.1 Å². The molecule has 1 heterocycles. The maximum absolute atomic E-state index is 12.8. The van der Waals surface area contributed by atoms with E-state index in [0.717, 1.165) is 25.0 Å². The lowest BCUT2D eigenvalue weighted by molar-refractivity contribution is 0.0116. The quantitative estimate of drug-likeness (QED) is 0.872. The molecule has 3 heteroatoms. The van der Waals surface area contributed by atoms with Crippen molar-refractivity contribution in [3.63, 3.8) is 0 Å². The number of hydrogen-bond donors (Lipinski definition) is 1. The summed E-state index contributed by atoms with van der Waals surface area (Å²) in [4.78, 5) is 0. The Balaban J connectivity index is 1.91. The maximum atomic E-state index is 12.8. The molecule has 0 amide bonds. The normalized spacial score (nSPS) is 26.8. The first-order chi connectivity index (χ1) is 8.15. The van der Waals surface area contributed by atoms with E-state index >= 15 is 0 Å². The first-order valence-corrected chi connectivity index (χ1v) is 6.28. The molecule has 1 aromatic carbocycles. The molecule has 3 atom stereocenters. The summed E-state index contributed by atoms with van der Waals surface area (Å²) in [6.45, 7) is 5.05. The molecule has 0 saturated carbocycles. The van der Waals surface area contributed by atoms with Crippen LogP contribution in [0.2, 0.25) is 0 Å². The summed E-state index contributed by atoms with van der Waals surface area (Å²) in [5.41, 5.74) is 1.13. The monoisotopic (exact) mass is 237 g/mol. The zero-order chi connectivity index (χ0) is 12.3. The van der Waals surface area contributed by atoms with E-state index in [-0.39, 0.29) is 11.9 Å². The van der Waals surface area contributed by atoms with Crippen molar-refractivity contribution in [2.45, 2.75) is 44.9 Å². The van der Waals surface area contributed by atoms with Gasteiger partial charge in [-0.05, 0) is 44.4 Å². The van der Waals surface area contributed by atoms with Crippen LogP contribution in [0.3, 0.4) is 0 Å². The first kappa shape index (κ1) is 12.5. The smallest absolute Gasteiger partial charge is 0.123 e. The van der Waals surface area contributed by atoms with Gasteiger partial charge < -0.3 is 10.1 Å². The molecule has 2 rings (SSSR count). The SMILES string of the molecule is CC1CC(N[C@@H](C)c2ccc(F)cc2)CCO1. The molecule has 94 valence electrons. The maximum Gasteiger partial charge on any atom is 0.123 e. The Bertz CT molecular complexity index is 352. The predicted octanol–water partition coefficient (Wildman–Crippen LogP) is 3.04. The lowest BCUT2D eigenvalue weighted by Gasteiger charge is -2.30. The third-order valence-corrected chi connectivity index (χ3v) is 3.34. The van der Waals surface area contributed by atoms with Crippen LogP contribution in [0.5, 0.6) is 0 Å². The molecule has 1 aromatic rings. The van der Waals surface area contributed by atoms with Gasteiger partial charge in [-0.15, -0.1) is 0 Å². The molecule has 0 aromatic heterocycles. The van der Waals surface area contributed by atoms with Crippen LogP contribution in [-0.4, -0.2) is 18.8 Å². The molecule has 1 aliphatic rings. The lowest BCUT2D eigenvalue weighted by Crippen LogP contribution is -2.39. The van der Waals surface area contributed by atoms with Crippen LogP contribution >= 0.6 is 0 Å². The lowest BCUT2D eigenvalue weighted by atomic mass is 10.0. The van der Waals surface area contributed by atoms with Gasteiger partial charge >= 0.3 is 0 Å². The second-order valence-corrected chi connectivity index (χ2v) is 4.84. The Hall–Kier alpha value is -0.930. The molecule has 2 nitrogen and oxygen atoms in total. The van der Waals surface area contributed by atoms with E-state index < -0.39 is 0 Å². The third-order valence-electron chi connectivity index (χ3n) is 3.34. The predicted molar refractivity (Wildman–Crippen MR) is 66.4 cm³/mol. The minimum absolute atomic E-state index is 0.180. The molecule has 1 N–H and O–H groups in total. The zero-order valence-corrected chi connectivity index (χ0v) is 10.4. The third kappa shape index (κ3) is 3.51. The molecule has 1 saturated heterocycles. The Morgan fingerprint density at radius 1 is 1.35 bits per heavy atom. The van der Waals surface area contributed by atoms with Gasteiger partial charge in [0.1, 0.15) is 5.82 Å². The molecule has 0 aliphatic carbocycles. The van der Waals surface area contributed by atoms with Gasteiger partial charge in [0.05, 0.1) is 6.10 Å². The Kier molecular flexibility index (Phi) is 4.13. The summed E-state index contributed by atoms with van der Waals surface area (Å²) in [5, 5.41) is 3.58. The Labute approximate surface area is 102 Å². The average Bonchev–Trinajstić information content (AvgIpc) is 2.29. The minimum Gasteiger partial charge on any atom is -0.378 e. The molecule has 0 spiro atoms. The van der Waals surface area contributed by atoms with Crippen molar-refractivity contribution in [1.82, 2.24) is 5.32 Å². The zero-order valence-electron chi connectivity index (χ0n) is 10.4. The molecule has 1 aliphatic heterocycles. The fourth-order valence-corrected chi connectivity index (χ4v) is 2.35. The standard InChI is InChI=1S/C14H20FNO/c1-10-9-14(7-8-17-10)16-11(2)12-3-5-13(15)6-4-12/h3-6,10-11,14,16H,7-9H2,1-2H3/t10?,11-,14?/m0/s1. The van der Waals surface area contributed by atoms with Crippen molar-refractivity contribution < 1.29 is 9.13 Å². The van der Waals surface area contributed by atoms with Crippen LogP contribution in [0.4, 0.5) is 4.39 Å². The average molecular weight is 237 g/mol. The van der Waals surface area contributed by atoms with E-state index in [4.69, 9.17) is 4.74 Å². The number of halogens is 1. The summed E-state index contributed by atoms with van der Waals surface area (Å²) in [7, 11) is 0. The van der Waals surface area contributed by atoms with Crippen LogP contribution in [0.1, 0.15) is 38.3 Å². The summed E-state index contributed by atoms with van der Waals surface area (Å²) in [6, 6.07) is 7.47. The van der Waals surface area contributed by atoms with Crippen LogP contribution in [0.25, 0.3) is 0 Å². The highest BCUT2D eigenvalue weighted by molar-refractivity contribution is 5.19. The van der Waals surface area contributed by atoms with Crippen LogP contribution < -0.4 is 5.32 Å². The molecule has 1 fully saturated rings. The Morgan fingerprint density at radius 2 is 2.06 bits per heavy atom. The summed E-state index contributed by atoms with van der Waals surface area (Å²) in [6.07, 6.45) is 2.43. The molecular weight excluding hydrogens is 217 g/mol. The largest absolute Gasteiger partial charge is 0.378 e. The van der Waals surface area contributed by atoms with Crippen molar-refractivity contribution in [1.29, 1.82) is 0 Å². The molecular formula is C14H20FNO. The van der Waals surface area contributed by atoms with Crippen LogP contribution in [0, 0.1) is 5.82 Å². The van der Waals surface area contributed by atoms with E-state index in [1.165, 1.54) is 12.1 Å². The number of benzene rings is 1. The van der Waals surface area contributed by atoms with Crippen molar-refractivity contribution in [3.05, 3.63) is 35.6 Å². The summed E-state index contributed by atoms with van der Waals surface area (Å²) < 4.78 is 18.3. The van der Waals surface area contributed by atoms with Crippen molar-refractivity contribution in [2.75, 3.05) is 6.61 Å².